The maximum atomic E-state index is 5.18. The molecule has 0 bridgehead atoms. The fraction of sp³-hybridized carbons (Fsp3) is 0.164. The summed E-state index contributed by atoms with van der Waals surface area (Å²) in [4.78, 5) is 10.3. The zero-order valence-corrected chi connectivity index (χ0v) is 32.6. The molecule has 0 unspecified atom stereocenters. The van der Waals surface area contributed by atoms with Crippen LogP contribution < -0.4 is 0 Å². The molecule has 57 heavy (non-hydrogen) atoms. The van der Waals surface area contributed by atoms with Crippen LogP contribution in [0.2, 0.25) is 0 Å². The van der Waals surface area contributed by atoms with Gasteiger partial charge in [-0.05, 0) is 110 Å². The molecule has 7 aromatic carbocycles. The Bertz CT molecular complexity index is 2830. The van der Waals surface area contributed by atoms with E-state index >= 15 is 0 Å². The summed E-state index contributed by atoms with van der Waals surface area (Å²) in [6.45, 7) is 4.84. The first-order chi connectivity index (χ1) is 28.0. The van der Waals surface area contributed by atoms with Crippen molar-refractivity contribution < 1.29 is 0 Å². The predicted octanol–water partition coefficient (Wildman–Crippen LogP) is 14.3. The minimum absolute atomic E-state index is 0.118. The number of nitrogens with zero attached hydrogens (tertiary/aromatic N) is 2. The van der Waals surface area contributed by atoms with Gasteiger partial charge in [0.2, 0.25) is 0 Å². The van der Waals surface area contributed by atoms with E-state index in [-0.39, 0.29) is 10.8 Å². The second-order valence-corrected chi connectivity index (χ2v) is 16.9. The van der Waals surface area contributed by atoms with Crippen LogP contribution in [-0.4, -0.2) is 9.97 Å². The molecule has 11 rings (SSSR count). The Kier molecular flexibility index (Phi) is 7.80. The normalized spacial score (nSPS) is 15.5. The molecule has 1 aromatic heterocycles. The van der Waals surface area contributed by atoms with Gasteiger partial charge in [-0.2, -0.15) is 0 Å². The molecule has 2 nitrogen and oxygen atoms in total. The molecule has 1 saturated carbocycles. The van der Waals surface area contributed by atoms with Crippen molar-refractivity contribution in [3.05, 3.63) is 192 Å². The number of rotatable bonds is 5. The lowest BCUT2D eigenvalue weighted by molar-refractivity contribution is 0.353. The fourth-order valence-corrected chi connectivity index (χ4v) is 10.3. The molecule has 0 atom stereocenters. The topological polar surface area (TPSA) is 25.8 Å². The number of fused-ring (bicyclic) bond motifs is 8. The number of benzene rings is 7. The quantitative estimate of drug-likeness (QED) is 0.176. The van der Waals surface area contributed by atoms with Gasteiger partial charge in [0.25, 0.3) is 0 Å². The van der Waals surface area contributed by atoms with Gasteiger partial charge in [-0.3, -0.25) is 0 Å². The van der Waals surface area contributed by atoms with Crippen LogP contribution >= 0.6 is 0 Å². The molecule has 3 aliphatic carbocycles. The van der Waals surface area contributed by atoms with Gasteiger partial charge in [-0.25, -0.2) is 9.97 Å². The van der Waals surface area contributed by atoms with E-state index in [9.17, 15) is 0 Å². The molecule has 274 valence electrons. The van der Waals surface area contributed by atoms with Crippen molar-refractivity contribution in [1.29, 1.82) is 0 Å². The maximum absolute atomic E-state index is 5.18. The first-order valence-corrected chi connectivity index (χ1v) is 20.6. The predicted molar refractivity (Wildman–Crippen MR) is 236 cm³/mol. The highest BCUT2D eigenvalue weighted by molar-refractivity contribution is 5.91. The molecule has 0 N–H and O–H groups in total. The van der Waals surface area contributed by atoms with Gasteiger partial charge in [0, 0.05) is 27.5 Å². The van der Waals surface area contributed by atoms with Crippen LogP contribution in [0.25, 0.3) is 78.4 Å². The standard InChI is InChI=1S/C55H44N2/c1-54(2)48-32-41(27-28-44(48)45-34-50-46(33-49(45)54)43-21-10-11-22-47(43)55(50)29-12-5-13-30-55)40-19-14-20-42(31-40)52-35-51(56-53(57-52)39-17-8-4-9-18-39)38-25-23-37(24-26-38)36-15-6-3-7-16-36/h3-4,6-11,14-28,31-35H,5,12-13,29-30H2,1-2H3. The largest absolute Gasteiger partial charge is 0.228 e. The van der Waals surface area contributed by atoms with Crippen LogP contribution in [0.5, 0.6) is 0 Å². The highest BCUT2D eigenvalue weighted by atomic mass is 14.9. The molecule has 0 saturated heterocycles. The average molecular weight is 733 g/mol. The summed E-state index contributed by atoms with van der Waals surface area (Å²) in [6, 6.07) is 62.2. The van der Waals surface area contributed by atoms with Crippen molar-refractivity contribution in [3.63, 3.8) is 0 Å². The molecule has 2 heteroatoms. The minimum Gasteiger partial charge on any atom is -0.228 e. The first-order valence-electron chi connectivity index (χ1n) is 20.6. The summed E-state index contributed by atoms with van der Waals surface area (Å²) >= 11 is 0. The van der Waals surface area contributed by atoms with Gasteiger partial charge in [0.05, 0.1) is 11.4 Å². The number of hydrogen-bond acceptors (Lipinski definition) is 2. The van der Waals surface area contributed by atoms with Crippen molar-refractivity contribution in [2.75, 3.05) is 0 Å². The smallest absolute Gasteiger partial charge is 0.160 e. The van der Waals surface area contributed by atoms with Crippen LogP contribution in [-0.2, 0) is 10.8 Å². The summed E-state index contributed by atoms with van der Waals surface area (Å²) in [5.41, 5.74) is 21.5. The van der Waals surface area contributed by atoms with Crippen molar-refractivity contribution in [2.45, 2.75) is 56.8 Å². The van der Waals surface area contributed by atoms with Crippen molar-refractivity contribution >= 4 is 0 Å². The van der Waals surface area contributed by atoms with Crippen LogP contribution in [0.15, 0.2) is 170 Å². The van der Waals surface area contributed by atoms with E-state index in [4.69, 9.17) is 9.97 Å². The Balaban J connectivity index is 0.979. The fourth-order valence-electron chi connectivity index (χ4n) is 10.3. The monoisotopic (exact) mass is 732 g/mol. The Labute approximate surface area is 336 Å². The molecule has 1 spiro atoms. The second-order valence-electron chi connectivity index (χ2n) is 16.9. The molecule has 0 amide bonds. The van der Waals surface area contributed by atoms with E-state index in [2.05, 4.69) is 178 Å². The zero-order chi connectivity index (χ0) is 38.1. The lowest BCUT2D eigenvalue weighted by Gasteiger charge is -2.36. The van der Waals surface area contributed by atoms with Crippen LogP contribution in [0.3, 0.4) is 0 Å². The van der Waals surface area contributed by atoms with Gasteiger partial charge in [-0.15, -0.1) is 0 Å². The van der Waals surface area contributed by atoms with Crippen LogP contribution in [0.4, 0.5) is 0 Å². The molecular weight excluding hydrogens is 689 g/mol. The molecule has 0 radical (unpaired) electrons. The summed E-state index contributed by atoms with van der Waals surface area (Å²) < 4.78 is 0. The second kappa shape index (κ2) is 13.1. The summed E-state index contributed by atoms with van der Waals surface area (Å²) in [7, 11) is 0. The van der Waals surface area contributed by atoms with Crippen molar-refractivity contribution in [2.24, 2.45) is 0 Å². The van der Waals surface area contributed by atoms with Crippen molar-refractivity contribution in [3.8, 4) is 78.4 Å². The highest BCUT2D eigenvalue weighted by Crippen LogP contribution is 2.60. The van der Waals surface area contributed by atoms with Crippen LogP contribution in [0.1, 0.15) is 68.2 Å². The molecule has 1 fully saturated rings. The Hall–Kier alpha value is -6.38. The lowest BCUT2D eigenvalue weighted by atomic mass is 9.67. The summed E-state index contributed by atoms with van der Waals surface area (Å²) in [5.74, 6) is 0.724. The zero-order valence-electron chi connectivity index (χ0n) is 32.6. The minimum atomic E-state index is -0.118. The van der Waals surface area contributed by atoms with E-state index in [1.165, 1.54) is 87.7 Å². The third-order valence-corrected chi connectivity index (χ3v) is 13.3. The third kappa shape index (κ3) is 5.46. The molecule has 1 heterocycles. The maximum Gasteiger partial charge on any atom is 0.160 e. The van der Waals surface area contributed by atoms with Gasteiger partial charge in [0.1, 0.15) is 0 Å². The highest BCUT2D eigenvalue weighted by Gasteiger charge is 2.46. The van der Waals surface area contributed by atoms with Gasteiger partial charge in [0.15, 0.2) is 5.82 Å². The van der Waals surface area contributed by atoms with Gasteiger partial charge in [-0.1, -0.05) is 173 Å². The van der Waals surface area contributed by atoms with Gasteiger partial charge >= 0.3 is 0 Å². The summed E-state index contributed by atoms with van der Waals surface area (Å²) in [5, 5.41) is 0. The van der Waals surface area contributed by atoms with Gasteiger partial charge < -0.3 is 0 Å². The van der Waals surface area contributed by atoms with E-state index < -0.39 is 0 Å². The van der Waals surface area contributed by atoms with Crippen LogP contribution in [0, 0.1) is 0 Å². The SMILES string of the molecule is CC1(C)c2cc(-c3cccc(-c4cc(-c5ccc(-c6ccccc6)cc5)nc(-c5ccccc5)n4)c3)ccc2-c2cc3c(cc21)-c1ccccc1C31CCCCC1. The number of aromatic nitrogens is 2. The Morgan fingerprint density at radius 2 is 0.877 bits per heavy atom. The third-order valence-electron chi connectivity index (χ3n) is 13.3. The summed E-state index contributed by atoms with van der Waals surface area (Å²) in [6.07, 6.45) is 6.47. The molecule has 0 aliphatic heterocycles. The molecular formula is C55H44N2. The van der Waals surface area contributed by atoms with E-state index in [1.54, 1.807) is 11.1 Å². The number of hydrogen-bond donors (Lipinski definition) is 0. The Morgan fingerprint density at radius 3 is 1.65 bits per heavy atom. The lowest BCUT2D eigenvalue weighted by Crippen LogP contribution is -2.28. The van der Waals surface area contributed by atoms with E-state index in [0.29, 0.717) is 0 Å². The molecule has 3 aliphatic rings. The molecule has 8 aromatic rings. The van der Waals surface area contributed by atoms with E-state index in [0.717, 1.165) is 33.9 Å². The van der Waals surface area contributed by atoms with E-state index in [1.807, 2.05) is 6.07 Å². The first kappa shape index (κ1) is 33.9. The average Bonchev–Trinajstić information content (AvgIpc) is 3.66. The Morgan fingerprint density at radius 1 is 0.351 bits per heavy atom. The van der Waals surface area contributed by atoms with Crippen molar-refractivity contribution in [1.82, 2.24) is 9.97 Å².